The molecular formula is C8H10NO3. The number of rotatable bonds is 2. The summed E-state index contributed by atoms with van der Waals surface area (Å²) in [6.07, 6.45) is 0.432. The molecule has 4 heteroatoms. The maximum atomic E-state index is 10.9. The molecule has 0 fully saturated rings. The first kappa shape index (κ1) is 8.67. The van der Waals surface area contributed by atoms with Crippen LogP contribution in [0.25, 0.3) is 0 Å². The molecule has 0 atom stereocenters. The molecule has 1 rings (SSSR count). The molecule has 65 valence electrons. The smallest absolute Gasteiger partial charge is 0.220 e. The Bertz CT molecular complexity index is 286. The Morgan fingerprint density at radius 2 is 1.92 bits per heavy atom. The van der Waals surface area contributed by atoms with Gasteiger partial charge in [-0.05, 0) is 24.6 Å². The summed E-state index contributed by atoms with van der Waals surface area (Å²) in [5, 5.41) is 28.9. The molecule has 0 aliphatic heterocycles. The Morgan fingerprint density at radius 3 is 2.50 bits per heavy atom. The molecule has 1 aromatic carbocycles. The average molecular weight is 168 g/mol. The van der Waals surface area contributed by atoms with E-state index in [0.29, 0.717) is 18.5 Å². The van der Waals surface area contributed by atoms with Crippen molar-refractivity contribution in [3.63, 3.8) is 0 Å². The van der Waals surface area contributed by atoms with Crippen molar-refractivity contribution in [2.45, 2.75) is 6.42 Å². The first-order chi connectivity index (χ1) is 5.65. The highest BCUT2D eigenvalue weighted by atomic mass is 16.3. The van der Waals surface area contributed by atoms with Gasteiger partial charge < -0.3 is 15.9 Å². The highest BCUT2D eigenvalue weighted by Gasteiger charge is 2.07. The maximum absolute atomic E-state index is 10.9. The number of hydrogen-bond donors (Lipinski definition) is 3. The van der Waals surface area contributed by atoms with Crippen LogP contribution in [0.3, 0.4) is 0 Å². The van der Waals surface area contributed by atoms with E-state index in [9.17, 15) is 10.2 Å². The van der Waals surface area contributed by atoms with Crippen LogP contribution in [0, 0.1) is 0 Å². The molecule has 0 bridgehead atoms. The molecule has 0 saturated carbocycles. The molecule has 0 spiro atoms. The van der Waals surface area contributed by atoms with Gasteiger partial charge in [0.1, 0.15) is 5.75 Å². The Morgan fingerprint density at radius 1 is 1.25 bits per heavy atom. The van der Waals surface area contributed by atoms with Crippen LogP contribution >= 0.6 is 0 Å². The van der Waals surface area contributed by atoms with E-state index in [-0.39, 0.29) is 5.75 Å². The molecule has 0 amide bonds. The van der Waals surface area contributed by atoms with E-state index in [1.807, 2.05) is 0 Å². The Balaban J connectivity index is 3.05. The monoisotopic (exact) mass is 168 g/mol. The zero-order chi connectivity index (χ0) is 9.14. The van der Waals surface area contributed by atoms with Crippen LogP contribution < -0.4 is 5.73 Å². The summed E-state index contributed by atoms with van der Waals surface area (Å²) >= 11 is 0. The first-order valence-electron chi connectivity index (χ1n) is 3.57. The zero-order valence-corrected chi connectivity index (χ0v) is 6.45. The van der Waals surface area contributed by atoms with Crippen molar-refractivity contribution >= 4 is 0 Å². The van der Waals surface area contributed by atoms with Crippen molar-refractivity contribution in [1.29, 1.82) is 0 Å². The second-order valence-electron chi connectivity index (χ2n) is 2.49. The summed E-state index contributed by atoms with van der Waals surface area (Å²) in [7, 11) is 0. The van der Waals surface area contributed by atoms with Crippen molar-refractivity contribution in [3.05, 3.63) is 17.7 Å². The van der Waals surface area contributed by atoms with Crippen LogP contribution in [0.2, 0.25) is 0 Å². The fourth-order valence-corrected chi connectivity index (χ4v) is 0.955. The van der Waals surface area contributed by atoms with Gasteiger partial charge in [0.2, 0.25) is 5.75 Å². The predicted octanol–water partition coefficient (Wildman–Crippen LogP) is 0.743. The van der Waals surface area contributed by atoms with Gasteiger partial charge in [0.15, 0.2) is 5.75 Å². The van der Waals surface area contributed by atoms with Crippen LogP contribution in [0.5, 0.6) is 17.2 Å². The first-order valence-corrected chi connectivity index (χ1v) is 3.57. The third-order valence-corrected chi connectivity index (χ3v) is 1.57. The average Bonchev–Trinajstić information content (AvgIpc) is 2.01. The molecule has 0 heterocycles. The summed E-state index contributed by atoms with van der Waals surface area (Å²) in [6.45, 7) is 0.359. The second kappa shape index (κ2) is 3.32. The zero-order valence-electron chi connectivity index (χ0n) is 6.45. The molecule has 1 radical (unpaired) electrons. The third-order valence-electron chi connectivity index (χ3n) is 1.57. The van der Waals surface area contributed by atoms with E-state index in [1.165, 1.54) is 6.07 Å². The molecule has 0 saturated heterocycles. The fraction of sp³-hybridized carbons (Fsp3) is 0.250. The minimum atomic E-state index is -0.490. The van der Waals surface area contributed by atoms with E-state index in [0.717, 1.165) is 6.07 Å². The number of benzene rings is 1. The maximum Gasteiger partial charge on any atom is 0.220 e. The van der Waals surface area contributed by atoms with Crippen LogP contribution in [0.1, 0.15) is 5.56 Å². The number of phenolic OH excluding ortho intramolecular Hbond substituents is 2. The van der Waals surface area contributed by atoms with Gasteiger partial charge in [-0.3, -0.25) is 5.11 Å². The summed E-state index contributed by atoms with van der Waals surface area (Å²) in [5.74, 6) is -1.01. The number of aromatic hydroxyl groups is 2. The molecule has 0 unspecified atom stereocenters. The predicted molar refractivity (Wildman–Crippen MR) is 42.7 cm³/mol. The van der Waals surface area contributed by atoms with Crippen LogP contribution in [0.15, 0.2) is 12.1 Å². The van der Waals surface area contributed by atoms with Crippen LogP contribution in [-0.2, 0) is 11.5 Å². The highest BCUT2D eigenvalue weighted by Crippen LogP contribution is 2.32. The molecule has 4 nitrogen and oxygen atoms in total. The van der Waals surface area contributed by atoms with Crippen LogP contribution in [-0.4, -0.2) is 16.8 Å². The van der Waals surface area contributed by atoms with Crippen LogP contribution in [0.4, 0.5) is 0 Å². The van der Waals surface area contributed by atoms with Gasteiger partial charge in [0.25, 0.3) is 0 Å². The van der Waals surface area contributed by atoms with E-state index >= 15 is 0 Å². The van der Waals surface area contributed by atoms with Crippen molar-refractivity contribution in [3.8, 4) is 17.2 Å². The molecule has 4 N–H and O–H groups in total. The van der Waals surface area contributed by atoms with Gasteiger partial charge in [-0.25, -0.2) is 0 Å². The molecule has 0 aromatic heterocycles. The summed E-state index contributed by atoms with van der Waals surface area (Å²) in [4.78, 5) is 0. The third kappa shape index (κ3) is 1.60. The summed E-state index contributed by atoms with van der Waals surface area (Å²) < 4.78 is 0. The minimum absolute atomic E-state index is 0.0856. The molecule has 0 aliphatic rings. The lowest BCUT2D eigenvalue weighted by Crippen LogP contribution is -2.02. The van der Waals surface area contributed by atoms with E-state index in [1.54, 1.807) is 0 Å². The van der Waals surface area contributed by atoms with E-state index in [2.05, 4.69) is 0 Å². The van der Waals surface area contributed by atoms with Crippen molar-refractivity contribution < 1.29 is 15.3 Å². The Labute approximate surface area is 69.9 Å². The standard InChI is InChI=1S/C8H10NO3/c9-2-1-5-3-7(11)8(12)4-6(5)10/h3-4,10,12H,1-2,9H2. The van der Waals surface area contributed by atoms with Gasteiger partial charge in [-0.15, -0.1) is 0 Å². The molecular weight excluding hydrogens is 158 g/mol. The fourth-order valence-electron chi connectivity index (χ4n) is 0.955. The Kier molecular flexibility index (Phi) is 2.40. The number of hydrogen-bond acceptors (Lipinski definition) is 3. The van der Waals surface area contributed by atoms with Crippen molar-refractivity contribution in [2.75, 3.05) is 6.54 Å². The van der Waals surface area contributed by atoms with E-state index in [4.69, 9.17) is 10.8 Å². The lowest BCUT2D eigenvalue weighted by Gasteiger charge is -2.03. The molecule has 1 aromatic rings. The van der Waals surface area contributed by atoms with Gasteiger partial charge in [0.05, 0.1) is 0 Å². The van der Waals surface area contributed by atoms with Gasteiger partial charge in [-0.1, -0.05) is 0 Å². The summed E-state index contributed by atoms with van der Waals surface area (Å²) in [6, 6.07) is 2.23. The number of nitrogens with two attached hydrogens (primary N) is 1. The minimum Gasteiger partial charge on any atom is -0.508 e. The molecule has 0 aliphatic carbocycles. The molecule has 12 heavy (non-hydrogen) atoms. The highest BCUT2D eigenvalue weighted by molar-refractivity contribution is 5.48. The van der Waals surface area contributed by atoms with Gasteiger partial charge in [0, 0.05) is 6.07 Å². The lowest BCUT2D eigenvalue weighted by atomic mass is 10.1. The quantitative estimate of drug-likeness (QED) is 0.608. The van der Waals surface area contributed by atoms with Crippen molar-refractivity contribution in [2.24, 2.45) is 5.73 Å². The van der Waals surface area contributed by atoms with Crippen molar-refractivity contribution in [1.82, 2.24) is 0 Å². The van der Waals surface area contributed by atoms with E-state index < -0.39 is 11.5 Å². The second-order valence-corrected chi connectivity index (χ2v) is 2.49. The Hall–Kier alpha value is -1.42. The normalized spacial score (nSPS) is 10.1. The summed E-state index contributed by atoms with van der Waals surface area (Å²) in [5.41, 5.74) is 5.71. The number of phenols is 2. The topological polar surface area (TPSA) is 86.4 Å². The SMILES string of the molecule is NCCc1cc([O])c(O)cc1O. The van der Waals surface area contributed by atoms with Gasteiger partial charge in [-0.2, -0.15) is 0 Å². The lowest BCUT2D eigenvalue weighted by molar-refractivity contribution is 0.322. The largest absolute Gasteiger partial charge is 0.508 e. The van der Waals surface area contributed by atoms with Gasteiger partial charge >= 0.3 is 0 Å².